The van der Waals surface area contributed by atoms with Crippen LogP contribution in [0.1, 0.15) is 32.5 Å². The average molecular weight is 208 g/mol. The van der Waals surface area contributed by atoms with Crippen molar-refractivity contribution in [2.45, 2.75) is 26.8 Å². The highest BCUT2D eigenvalue weighted by molar-refractivity contribution is 5.78. The van der Waals surface area contributed by atoms with Gasteiger partial charge in [-0.25, -0.2) is 0 Å². The third-order valence-corrected chi connectivity index (χ3v) is 2.10. The fourth-order valence-electron chi connectivity index (χ4n) is 1.11. The minimum atomic E-state index is -0.138. The Labute approximate surface area is 89.3 Å². The van der Waals surface area contributed by atoms with Crippen molar-refractivity contribution >= 4 is 5.91 Å². The molecule has 1 amide bonds. The van der Waals surface area contributed by atoms with Gasteiger partial charge in [0, 0.05) is 5.92 Å². The Morgan fingerprint density at radius 3 is 2.53 bits per heavy atom. The molecule has 0 saturated carbocycles. The van der Waals surface area contributed by atoms with E-state index in [1.165, 1.54) is 6.20 Å². The van der Waals surface area contributed by atoms with E-state index < -0.39 is 0 Å². The van der Waals surface area contributed by atoms with E-state index in [4.69, 9.17) is 5.11 Å². The summed E-state index contributed by atoms with van der Waals surface area (Å²) in [6.07, 6.45) is 1.37. The Kier molecular flexibility index (Phi) is 3.66. The van der Waals surface area contributed by atoms with E-state index in [0.717, 1.165) is 5.69 Å². The van der Waals surface area contributed by atoms with Crippen LogP contribution >= 0.6 is 0 Å². The summed E-state index contributed by atoms with van der Waals surface area (Å²) in [6, 6.07) is 3.11. The number of aromatic hydroxyl groups is 1. The van der Waals surface area contributed by atoms with Gasteiger partial charge in [-0.1, -0.05) is 13.8 Å². The van der Waals surface area contributed by atoms with Crippen LogP contribution in [0.15, 0.2) is 18.3 Å². The third kappa shape index (κ3) is 3.23. The molecule has 1 atom stereocenters. The molecule has 0 aliphatic carbocycles. The molecule has 15 heavy (non-hydrogen) atoms. The number of amides is 1. The van der Waals surface area contributed by atoms with Crippen molar-refractivity contribution in [2.75, 3.05) is 0 Å². The molecule has 0 spiro atoms. The van der Waals surface area contributed by atoms with Crippen LogP contribution in [0.25, 0.3) is 0 Å². The molecular weight excluding hydrogens is 192 g/mol. The number of pyridine rings is 1. The summed E-state index contributed by atoms with van der Waals surface area (Å²) in [4.78, 5) is 15.4. The quantitative estimate of drug-likeness (QED) is 0.793. The second-order valence-corrected chi connectivity index (χ2v) is 3.83. The smallest absolute Gasteiger partial charge is 0.223 e. The van der Waals surface area contributed by atoms with E-state index in [-0.39, 0.29) is 23.6 Å². The maximum Gasteiger partial charge on any atom is 0.223 e. The first kappa shape index (κ1) is 11.5. The second kappa shape index (κ2) is 4.77. The van der Waals surface area contributed by atoms with Crippen molar-refractivity contribution in [1.82, 2.24) is 10.3 Å². The van der Waals surface area contributed by atoms with Crippen molar-refractivity contribution in [1.29, 1.82) is 0 Å². The van der Waals surface area contributed by atoms with E-state index >= 15 is 0 Å². The van der Waals surface area contributed by atoms with E-state index in [1.54, 1.807) is 12.1 Å². The van der Waals surface area contributed by atoms with Crippen LogP contribution in [0.5, 0.6) is 5.75 Å². The largest absolute Gasteiger partial charge is 0.506 e. The molecule has 1 unspecified atom stereocenters. The minimum Gasteiger partial charge on any atom is -0.506 e. The second-order valence-electron chi connectivity index (χ2n) is 3.83. The number of carbonyl (C=O) groups excluding carboxylic acids is 1. The van der Waals surface area contributed by atoms with Crippen LogP contribution < -0.4 is 5.32 Å². The van der Waals surface area contributed by atoms with Crippen molar-refractivity contribution in [2.24, 2.45) is 5.92 Å². The topological polar surface area (TPSA) is 62.2 Å². The van der Waals surface area contributed by atoms with E-state index in [9.17, 15) is 4.79 Å². The van der Waals surface area contributed by atoms with Crippen LogP contribution in [0.2, 0.25) is 0 Å². The number of rotatable bonds is 3. The van der Waals surface area contributed by atoms with Crippen LogP contribution in [-0.2, 0) is 4.79 Å². The number of nitrogens with one attached hydrogen (secondary N) is 1. The highest BCUT2D eigenvalue weighted by Crippen LogP contribution is 2.13. The maximum absolute atomic E-state index is 11.4. The Morgan fingerprint density at radius 2 is 2.07 bits per heavy atom. The van der Waals surface area contributed by atoms with Gasteiger partial charge in [0.25, 0.3) is 0 Å². The van der Waals surface area contributed by atoms with Gasteiger partial charge in [-0.05, 0) is 19.1 Å². The van der Waals surface area contributed by atoms with Crippen LogP contribution in [-0.4, -0.2) is 16.0 Å². The van der Waals surface area contributed by atoms with Gasteiger partial charge in [-0.15, -0.1) is 0 Å². The van der Waals surface area contributed by atoms with Gasteiger partial charge < -0.3 is 10.4 Å². The summed E-state index contributed by atoms with van der Waals surface area (Å²) in [6.45, 7) is 5.54. The first-order chi connectivity index (χ1) is 7.00. The van der Waals surface area contributed by atoms with Crippen molar-refractivity contribution in [3.05, 3.63) is 24.0 Å². The molecule has 1 aromatic heterocycles. The molecule has 0 aliphatic heterocycles. The Balaban J connectivity index is 2.65. The molecule has 0 aliphatic rings. The normalized spacial score (nSPS) is 12.5. The fourth-order valence-corrected chi connectivity index (χ4v) is 1.11. The third-order valence-electron chi connectivity index (χ3n) is 2.10. The lowest BCUT2D eigenvalue weighted by Gasteiger charge is -2.14. The molecule has 1 aromatic rings. The predicted octanol–water partition coefficient (Wildman–Crippen LogP) is 1.62. The van der Waals surface area contributed by atoms with E-state index in [2.05, 4.69) is 10.3 Å². The number of nitrogens with zero attached hydrogens (tertiary/aromatic N) is 1. The number of carbonyl (C=O) groups is 1. The molecule has 0 saturated heterocycles. The molecular formula is C11H16N2O2. The highest BCUT2D eigenvalue weighted by Gasteiger charge is 2.12. The van der Waals surface area contributed by atoms with Crippen LogP contribution in [0, 0.1) is 5.92 Å². The average Bonchev–Trinajstić information content (AvgIpc) is 2.18. The zero-order valence-electron chi connectivity index (χ0n) is 9.19. The van der Waals surface area contributed by atoms with Gasteiger partial charge in [0.15, 0.2) is 0 Å². The summed E-state index contributed by atoms with van der Waals surface area (Å²) >= 11 is 0. The van der Waals surface area contributed by atoms with Gasteiger partial charge in [0.05, 0.1) is 17.9 Å². The van der Waals surface area contributed by atoms with Crippen molar-refractivity contribution in [3.8, 4) is 5.75 Å². The van der Waals surface area contributed by atoms with Crippen molar-refractivity contribution in [3.63, 3.8) is 0 Å². The molecule has 1 heterocycles. The minimum absolute atomic E-state index is 0.00243. The van der Waals surface area contributed by atoms with E-state index in [1.807, 2.05) is 20.8 Å². The first-order valence-electron chi connectivity index (χ1n) is 4.96. The summed E-state index contributed by atoms with van der Waals surface area (Å²) < 4.78 is 0. The zero-order valence-corrected chi connectivity index (χ0v) is 9.19. The lowest BCUT2D eigenvalue weighted by molar-refractivity contribution is -0.124. The molecule has 0 fully saturated rings. The van der Waals surface area contributed by atoms with Gasteiger partial charge in [-0.2, -0.15) is 0 Å². The highest BCUT2D eigenvalue weighted by atomic mass is 16.3. The predicted molar refractivity (Wildman–Crippen MR) is 57.3 cm³/mol. The van der Waals surface area contributed by atoms with Gasteiger partial charge in [0.2, 0.25) is 5.91 Å². The lowest BCUT2D eigenvalue weighted by Crippen LogP contribution is -2.30. The van der Waals surface area contributed by atoms with Crippen LogP contribution in [0.4, 0.5) is 0 Å². The summed E-state index contributed by atoms with van der Waals surface area (Å²) in [5.41, 5.74) is 0.738. The molecule has 2 N–H and O–H groups in total. The maximum atomic E-state index is 11.4. The molecule has 82 valence electrons. The SMILES string of the molecule is CC(C)C(=O)NC(C)c1ccc(O)cn1. The van der Waals surface area contributed by atoms with Gasteiger partial charge in [-0.3, -0.25) is 9.78 Å². The summed E-state index contributed by atoms with van der Waals surface area (Å²) in [7, 11) is 0. The standard InChI is InChI=1S/C11H16N2O2/c1-7(2)11(15)13-8(3)10-5-4-9(14)6-12-10/h4-8,14H,1-3H3,(H,13,15). The molecule has 1 rings (SSSR count). The van der Waals surface area contributed by atoms with E-state index in [0.29, 0.717) is 0 Å². The number of aromatic nitrogens is 1. The lowest BCUT2D eigenvalue weighted by atomic mass is 10.1. The number of hydrogen-bond donors (Lipinski definition) is 2. The Bertz CT molecular complexity index is 333. The zero-order chi connectivity index (χ0) is 11.4. The molecule has 4 heteroatoms. The Hall–Kier alpha value is -1.58. The van der Waals surface area contributed by atoms with Gasteiger partial charge >= 0.3 is 0 Å². The fraction of sp³-hybridized carbons (Fsp3) is 0.455. The monoisotopic (exact) mass is 208 g/mol. The number of hydrogen-bond acceptors (Lipinski definition) is 3. The van der Waals surface area contributed by atoms with Gasteiger partial charge in [0.1, 0.15) is 5.75 Å². The van der Waals surface area contributed by atoms with Crippen molar-refractivity contribution < 1.29 is 9.90 Å². The molecule has 4 nitrogen and oxygen atoms in total. The summed E-state index contributed by atoms with van der Waals surface area (Å²) in [5, 5.41) is 11.9. The molecule has 0 bridgehead atoms. The molecule has 0 radical (unpaired) electrons. The Morgan fingerprint density at radius 1 is 1.40 bits per heavy atom. The van der Waals surface area contributed by atoms with Crippen LogP contribution in [0.3, 0.4) is 0 Å². The first-order valence-corrected chi connectivity index (χ1v) is 4.96. The summed E-state index contributed by atoms with van der Waals surface area (Å²) in [5.74, 6) is 0.0862. The molecule has 0 aromatic carbocycles.